The van der Waals surface area contributed by atoms with Crippen molar-refractivity contribution in [1.29, 1.82) is 0 Å². The van der Waals surface area contributed by atoms with Gasteiger partial charge in [0.25, 0.3) is 0 Å². The van der Waals surface area contributed by atoms with Crippen LogP contribution >= 0.6 is 0 Å². The third-order valence-corrected chi connectivity index (χ3v) is 3.22. The number of rotatable bonds is 2. The molecule has 1 aliphatic rings. The van der Waals surface area contributed by atoms with Gasteiger partial charge in [-0.3, -0.25) is 4.90 Å². The van der Waals surface area contributed by atoms with Gasteiger partial charge in [-0.2, -0.15) is 0 Å². The van der Waals surface area contributed by atoms with E-state index in [9.17, 15) is 0 Å². The number of fused-ring (bicyclic) bond motifs is 1. The van der Waals surface area contributed by atoms with E-state index in [-0.39, 0.29) is 0 Å². The van der Waals surface area contributed by atoms with Gasteiger partial charge in [-0.15, -0.1) is 0 Å². The van der Waals surface area contributed by atoms with Crippen LogP contribution < -0.4 is 0 Å². The molecular weight excluding hydrogens is 184 g/mol. The molecule has 0 amide bonds. The van der Waals surface area contributed by atoms with E-state index in [4.69, 9.17) is 0 Å². The summed E-state index contributed by atoms with van der Waals surface area (Å²) in [5.41, 5.74) is 3.04. The molecule has 0 fully saturated rings. The molecule has 0 aromatic heterocycles. The van der Waals surface area contributed by atoms with Crippen molar-refractivity contribution in [3.8, 4) is 0 Å². The molecule has 2 rings (SSSR count). The number of hydrogen-bond donors (Lipinski definition) is 0. The fraction of sp³-hybridized carbons (Fsp3) is 0.538. The monoisotopic (exact) mass is 204 g/mol. The minimum Gasteiger partial charge on any atom is -0.307 e. The summed E-state index contributed by atoms with van der Waals surface area (Å²) < 4.78 is 0. The lowest BCUT2D eigenvalue weighted by molar-refractivity contribution is 0.186. The van der Waals surface area contributed by atoms with Gasteiger partial charge in [0.05, 0.1) is 0 Å². The van der Waals surface area contributed by atoms with Crippen molar-refractivity contribution in [1.82, 2.24) is 9.80 Å². The zero-order valence-electron chi connectivity index (χ0n) is 9.90. The maximum atomic E-state index is 2.46. The van der Waals surface area contributed by atoms with Crippen molar-refractivity contribution in [2.45, 2.75) is 12.5 Å². The Labute approximate surface area is 92.5 Å². The largest absolute Gasteiger partial charge is 0.307 e. The lowest BCUT2D eigenvalue weighted by Gasteiger charge is -2.36. The van der Waals surface area contributed by atoms with Gasteiger partial charge in [-0.25, -0.2) is 0 Å². The highest BCUT2D eigenvalue weighted by Crippen LogP contribution is 2.28. The molecule has 1 heterocycles. The summed E-state index contributed by atoms with van der Waals surface area (Å²) in [6.07, 6.45) is 1.19. The van der Waals surface area contributed by atoms with Gasteiger partial charge in [0.15, 0.2) is 0 Å². The summed E-state index contributed by atoms with van der Waals surface area (Å²) in [6, 6.07) is 9.41. The molecule has 0 radical (unpaired) electrons. The van der Waals surface area contributed by atoms with E-state index in [0.29, 0.717) is 6.04 Å². The van der Waals surface area contributed by atoms with Crippen LogP contribution in [0.1, 0.15) is 17.2 Å². The normalized spacial score (nSPS) is 21.7. The van der Waals surface area contributed by atoms with Crippen LogP contribution in [0, 0.1) is 0 Å². The molecule has 82 valence electrons. The third kappa shape index (κ3) is 2.21. The summed E-state index contributed by atoms with van der Waals surface area (Å²) in [6.45, 7) is 2.28. The van der Waals surface area contributed by atoms with Crippen molar-refractivity contribution >= 4 is 0 Å². The second-order valence-corrected chi connectivity index (χ2v) is 4.71. The Hall–Kier alpha value is -0.860. The fourth-order valence-corrected chi connectivity index (χ4v) is 2.36. The molecule has 2 heteroatoms. The lowest BCUT2D eigenvalue weighted by atomic mass is 9.93. The average Bonchev–Trinajstić information content (AvgIpc) is 2.22. The standard InChI is InChI=1S/C13H20N2/c1-14(2)10-13-12-7-5-4-6-11(12)8-9-15(13)3/h4-7,13H,8-10H2,1-3H3. The summed E-state index contributed by atoms with van der Waals surface area (Å²) >= 11 is 0. The molecular formula is C13H20N2. The third-order valence-electron chi connectivity index (χ3n) is 3.22. The highest BCUT2D eigenvalue weighted by atomic mass is 15.2. The first kappa shape index (κ1) is 10.7. The second kappa shape index (κ2) is 4.33. The van der Waals surface area contributed by atoms with Gasteiger partial charge in [0, 0.05) is 19.1 Å². The molecule has 2 nitrogen and oxygen atoms in total. The van der Waals surface area contributed by atoms with Crippen molar-refractivity contribution < 1.29 is 0 Å². The average molecular weight is 204 g/mol. The molecule has 0 aliphatic carbocycles. The van der Waals surface area contributed by atoms with Crippen LogP contribution in [-0.2, 0) is 6.42 Å². The number of hydrogen-bond acceptors (Lipinski definition) is 2. The smallest absolute Gasteiger partial charge is 0.0474 e. The van der Waals surface area contributed by atoms with Crippen LogP contribution in [0.2, 0.25) is 0 Å². The summed E-state index contributed by atoms with van der Waals surface area (Å²) in [4.78, 5) is 4.73. The molecule has 0 saturated carbocycles. The van der Waals surface area contributed by atoms with Crippen molar-refractivity contribution in [3.63, 3.8) is 0 Å². The molecule has 0 bridgehead atoms. The summed E-state index contributed by atoms with van der Waals surface area (Å²) in [5, 5.41) is 0. The highest BCUT2D eigenvalue weighted by molar-refractivity contribution is 5.32. The second-order valence-electron chi connectivity index (χ2n) is 4.71. The van der Waals surface area contributed by atoms with Crippen molar-refractivity contribution in [2.75, 3.05) is 34.2 Å². The van der Waals surface area contributed by atoms with Gasteiger partial charge >= 0.3 is 0 Å². The Bertz CT molecular complexity index is 333. The minimum absolute atomic E-state index is 0.560. The Kier molecular flexibility index (Phi) is 3.08. The first-order chi connectivity index (χ1) is 7.18. The molecule has 1 aliphatic heterocycles. The van der Waals surface area contributed by atoms with Gasteiger partial charge in [-0.1, -0.05) is 24.3 Å². The number of likely N-dealkylation sites (N-methyl/N-ethyl adjacent to an activating group) is 2. The summed E-state index contributed by atoms with van der Waals surface area (Å²) in [5.74, 6) is 0. The molecule has 0 saturated heterocycles. The number of nitrogens with zero attached hydrogens (tertiary/aromatic N) is 2. The molecule has 15 heavy (non-hydrogen) atoms. The minimum atomic E-state index is 0.560. The van der Waals surface area contributed by atoms with E-state index in [1.165, 1.54) is 24.1 Å². The first-order valence-corrected chi connectivity index (χ1v) is 5.61. The van der Waals surface area contributed by atoms with E-state index < -0.39 is 0 Å². The van der Waals surface area contributed by atoms with Crippen LogP contribution in [0.3, 0.4) is 0 Å². The Morgan fingerprint density at radius 3 is 2.80 bits per heavy atom. The van der Waals surface area contributed by atoms with Crippen LogP contribution in [0.5, 0.6) is 0 Å². The van der Waals surface area contributed by atoms with Crippen LogP contribution in [0.4, 0.5) is 0 Å². The predicted molar refractivity (Wildman–Crippen MR) is 64.1 cm³/mol. The Balaban J connectivity index is 2.28. The lowest BCUT2D eigenvalue weighted by Crippen LogP contribution is -2.37. The van der Waals surface area contributed by atoms with Crippen LogP contribution in [-0.4, -0.2) is 44.0 Å². The Morgan fingerprint density at radius 2 is 2.07 bits per heavy atom. The molecule has 1 aromatic rings. The predicted octanol–water partition coefficient (Wildman–Crippen LogP) is 1.78. The topological polar surface area (TPSA) is 6.48 Å². The molecule has 0 N–H and O–H groups in total. The molecule has 1 unspecified atom stereocenters. The van der Waals surface area contributed by atoms with E-state index in [1.54, 1.807) is 0 Å². The quantitative estimate of drug-likeness (QED) is 0.724. The molecule has 1 aromatic carbocycles. The van der Waals surface area contributed by atoms with Crippen molar-refractivity contribution in [2.24, 2.45) is 0 Å². The van der Waals surface area contributed by atoms with Gasteiger partial charge in [0.1, 0.15) is 0 Å². The van der Waals surface area contributed by atoms with E-state index in [0.717, 1.165) is 6.54 Å². The Morgan fingerprint density at radius 1 is 1.33 bits per heavy atom. The first-order valence-electron chi connectivity index (χ1n) is 5.61. The SMILES string of the molecule is CN(C)CC1c2ccccc2CCN1C. The maximum absolute atomic E-state index is 2.46. The molecule has 0 spiro atoms. The maximum Gasteiger partial charge on any atom is 0.0474 e. The van der Waals surface area contributed by atoms with Gasteiger partial charge < -0.3 is 4.90 Å². The fourth-order valence-electron chi connectivity index (χ4n) is 2.36. The van der Waals surface area contributed by atoms with Crippen molar-refractivity contribution in [3.05, 3.63) is 35.4 Å². The zero-order valence-corrected chi connectivity index (χ0v) is 9.90. The van der Waals surface area contributed by atoms with E-state index in [2.05, 4.69) is 55.2 Å². The number of benzene rings is 1. The molecule has 1 atom stereocenters. The highest BCUT2D eigenvalue weighted by Gasteiger charge is 2.24. The zero-order chi connectivity index (χ0) is 10.8. The van der Waals surface area contributed by atoms with E-state index >= 15 is 0 Å². The van der Waals surface area contributed by atoms with Gasteiger partial charge in [-0.05, 0) is 38.7 Å². The van der Waals surface area contributed by atoms with Gasteiger partial charge in [0.2, 0.25) is 0 Å². The van der Waals surface area contributed by atoms with Crippen LogP contribution in [0.15, 0.2) is 24.3 Å². The summed E-state index contributed by atoms with van der Waals surface area (Å²) in [7, 11) is 6.51. The van der Waals surface area contributed by atoms with Crippen LogP contribution in [0.25, 0.3) is 0 Å². The van der Waals surface area contributed by atoms with E-state index in [1.807, 2.05) is 0 Å².